The van der Waals surface area contributed by atoms with Crippen LogP contribution in [0.1, 0.15) is 5.56 Å². The van der Waals surface area contributed by atoms with Gasteiger partial charge in [0.25, 0.3) is 0 Å². The van der Waals surface area contributed by atoms with Crippen molar-refractivity contribution in [2.24, 2.45) is 0 Å². The number of amides is 3. The fourth-order valence-corrected chi connectivity index (χ4v) is 2.39. The van der Waals surface area contributed by atoms with E-state index in [0.29, 0.717) is 25.2 Å². The number of hydrogen-bond donors (Lipinski definition) is 2. The van der Waals surface area contributed by atoms with Crippen molar-refractivity contribution in [2.45, 2.75) is 6.54 Å². The maximum Gasteiger partial charge on any atom is 0.243 e. The summed E-state index contributed by atoms with van der Waals surface area (Å²) in [5.41, 5.74) is 0.754. The normalized spacial score (nSPS) is 15.0. The van der Waals surface area contributed by atoms with Crippen molar-refractivity contribution >= 4 is 23.4 Å². The molecule has 8 heteroatoms. The van der Waals surface area contributed by atoms with Crippen molar-refractivity contribution in [3.63, 3.8) is 0 Å². The molecular formula is C17H21FN4O3. The Morgan fingerprint density at radius 1 is 1.36 bits per heavy atom. The van der Waals surface area contributed by atoms with Crippen LogP contribution in [0.25, 0.3) is 0 Å². The molecule has 0 radical (unpaired) electrons. The van der Waals surface area contributed by atoms with E-state index in [9.17, 15) is 18.8 Å². The third kappa shape index (κ3) is 5.39. The van der Waals surface area contributed by atoms with Gasteiger partial charge in [0.1, 0.15) is 5.82 Å². The summed E-state index contributed by atoms with van der Waals surface area (Å²) in [4.78, 5) is 38.0. The van der Waals surface area contributed by atoms with E-state index >= 15 is 0 Å². The van der Waals surface area contributed by atoms with E-state index in [2.05, 4.69) is 17.2 Å². The standard InChI is InChI=1S/C17H21FN4O3/c1-3-15(23)19-9-16(24)20-14-5-4-12(8-13(14)18)10-22-7-6-21(2)17(25)11-22/h3-5,8H,1,6-7,9-11H2,2H3,(H,19,23)(H,20,24). The zero-order chi connectivity index (χ0) is 18.4. The first-order valence-electron chi connectivity index (χ1n) is 7.84. The van der Waals surface area contributed by atoms with Gasteiger partial charge in [0.05, 0.1) is 18.8 Å². The topological polar surface area (TPSA) is 81.8 Å². The van der Waals surface area contributed by atoms with Crippen molar-refractivity contribution in [3.8, 4) is 0 Å². The number of benzene rings is 1. The highest BCUT2D eigenvalue weighted by Crippen LogP contribution is 2.17. The Morgan fingerprint density at radius 3 is 2.76 bits per heavy atom. The van der Waals surface area contributed by atoms with Crippen molar-refractivity contribution < 1.29 is 18.8 Å². The Kier molecular flexibility index (Phi) is 6.24. The highest BCUT2D eigenvalue weighted by atomic mass is 19.1. The molecule has 0 bridgehead atoms. The van der Waals surface area contributed by atoms with Gasteiger partial charge in [-0.25, -0.2) is 4.39 Å². The molecule has 134 valence electrons. The molecule has 0 unspecified atom stereocenters. The summed E-state index contributed by atoms with van der Waals surface area (Å²) < 4.78 is 14.2. The first-order valence-corrected chi connectivity index (χ1v) is 7.84. The molecule has 25 heavy (non-hydrogen) atoms. The zero-order valence-corrected chi connectivity index (χ0v) is 14.0. The summed E-state index contributed by atoms with van der Waals surface area (Å²) in [5, 5.41) is 4.71. The maximum absolute atomic E-state index is 14.2. The van der Waals surface area contributed by atoms with Crippen LogP contribution in [0.5, 0.6) is 0 Å². The van der Waals surface area contributed by atoms with Crippen molar-refractivity contribution in [2.75, 3.05) is 38.5 Å². The number of rotatable bonds is 6. The minimum Gasteiger partial charge on any atom is -0.343 e. The van der Waals surface area contributed by atoms with Gasteiger partial charge in [-0.15, -0.1) is 0 Å². The van der Waals surface area contributed by atoms with Crippen LogP contribution >= 0.6 is 0 Å². The monoisotopic (exact) mass is 348 g/mol. The third-order valence-electron chi connectivity index (χ3n) is 3.86. The molecule has 1 aliphatic rings. The summed E-state index contributed by atoms with van der Waals surface area (Å²) >= 11 is 0. The molecule has 0 aliphatic carbocycles. The Bertz CT molecular complexity index is 692. The first-order chi connectivity index (χ1) is 11.9. The quantitative estimate of drug-likeness (QED) is 0.727. The molecule has 2 rings (SSSR count). The smallest absolute Gasteiger partial charge is 0.243 e. The molecule has 1 aromatic carbocycles. The van der Waals surface area contributed by atoms with Crippen LogP contribution in [0, 0.1) is 5.82 Å². The van der Waals surface area contributed by atoms with Crippen LogP contribution in [0.4, 0.5) is 10.1 Å². The minimum absolute atomic E-state index is 0.0380. The predicted octanol–water partition coefficient (Wildman–Crippen LogP) is 0.340. The SMILES string of the molecule is C=CC(=O)NCC(=O)Nc1ccc(CN2CCN(C)C(=O)C2)cc1F. The average Bonchev–Trinajstić information content (AvgIpc) is 2.58. The van der Waals surface area contributed by atoms with Crippen LogP contribution in [-0.2, 0) is 20.9 Å². The number of nitrogens with one attached hydrogen (secondary N) is 2. The van der Waals surface area contributed by atoms with E-state index in [1.165, 1.54) is 12.1 Å². The van der Waals surface area contributed by atoms with Crippen LogP contribution in [0.2, 0.25) is 0 Å². The summed E-state index contributed by atoms with van der Waals surface area (Å²) in [5.74, 6) is -1.54. The number of hydrogen-bond acceptors (Lipinski definition) is 4. The van der Waals surface area contributed by atoms with Gasteiger partial charge in [0, 0.05) is 26.7 Å². The lowest BCUT2D eigenvalue weighted by atomic mass is 10.1. The molecule has 1 saturated heterocycles. The molecule has 0 saturated carbocycles. The van der Waals surface area contributed by atoms with Gasteiger partial charge in [-0.1, -0.05) is 12.6 Å². The number of piperazine rings is 1. The van der Waals surface area contributed by atoms with E-state index in [0.717, 1.165) is 12.6 Å². The number of halogens is 1. The van der Waals surface area contributed by atoms with E-state index < -0.39 is 17.6 Å². The molecule has 0 spiro atoms. The number of carbonyl (C=O) groups is 3. The lowest BCUT2D eigenvalue weighted by Crippen LogP contribution is -2.47. The number of likely N-dealkylation sites (N-methyl/N-ethyl adjacent to an activating group) is 1. The molecule has 0 aromatic heterocycles. The lowest BCUT2D eigenvalue weighted by molar-refractivity contribution is -0.134. The summed E-state index contributed by atoms with van der Waals surface area (Å²) in [6.45, 7) is 5.14. The molecule has 1 heterocycles. The highest BCUT2D eigenvalue weighted by molar-refractivity contribution is 5.96. The van der Waals surface area contributed by atoms with Crippen LogP contribution < -0.4 is 10.6 Å². The summed E-state index contributed by atoms with van der Waals surface area (Å²) in [6.07, 6.45) is 1.05. The van der Waals surface area contributed by atoms with Gasteiger partial charge in [0.2, 0.25) is 17.7 Å². The maximum atomic E-state index is 14.2. The van der Waals surface area contributed by atoms with Crippen molar-refractivity contribution in [1.82, 2.24) is 15.1 Å². The summed E-state index contributed by atoms with van der Waals surface area (Å²) in [7, 11) is 1.76. The summed E-state index contributed by atoms with van der Waals surface area (Å²) in [6, 6.07) is 4.50. The molecule has 1 aromatic rings. The van der Waals surface area contributed by atoms with Gasteiger partial charge < -0.3 is 15.5 Å². The Balaban J connectivity index is 1.91. The van der Waals surface area contributed by atoms with E-state index in [-0.39, 0.29) is 18.1 Å². The Morgan fingerprint density at radius 2 is 2.12 bits per heavy atom. The Hall–Kier alpha value is -2.74. The molecule has 1 fully saturated rings. The second-order valence-corrected chi connectivity index (χ2v) is 5.81. The number of nitrogens with zero attached hydrogens (tertiary/aromatic N) is 2. The molecule has 2 N–H and O–H groups in total. The van der Waals surface area contributed by atoms with Crippen LogP contribution in [-0.4, -0.2) is 60.7 Å². The first kappa shape index (κ1) is 18.6. The van der Waals surface area contributed by atoms with Gasteiger partial charge in [0.15, 0.2) is 0 Å². The zero-order valence-electron chi connectivity index (χ0n) is 14.0. The molecule has 7 nitrogen and oxygen atoms in total. The van der Waals surface area contributed by atoms with Gasteiger partial charge >= 0.3 is 0 Å². The van der Waals surface area contributed by atoms with E-state index in [1.807, 2.05) is 4.90 Å². The average molecular weight is 348 g/mol. The molecule has 3 amide bonds. The van der Waals surface area contributed by atoms with E-state index in [4.69, 9.17) is 0 Å². The van der Waals surface area contributed by atoms with Gasteiger partial charge in [-0.2, -0.15) is 0 Å². The minimum atomic E-state index is -0.568. The molecule has 1 aliphatic heterocycles. The lowest BCUT2D eigenvalue weighted by Gasteiger charge is -2.31. The third-order valence-corrected chi connectivity index (χ3v) is 3.86. The predicted molar refractivity (Wildman–Crippen MR) is 91.2 cm³/mol. The molecule has 0 atom stereocenters. The fraction of sp³-hybridized carbons (Fsp3) is 0.353. The highest BCUT2D eigenvalue weighted by Gasteiger charge is 2.21. The number of anilines is 1. The van der Waals surface area contributed by atoms with Gasteiger partial charge in [-0.05, 0) is 23.8 Å². The fourth-order valence-electron chi connectivity index (χ4n) is 2.39. The number of carbonyl (C=O) groups excluding carboxylic acids is 3. The second-order valence-electron chi connectivity index (χ2n) is 5.81. The Labute approximate surface area is 145 Å². The van der Waals surface area contributed by atoms with Crippen molar-refractivity contribution in [1.29, 1.82) is 0 Å². The second kappa shape index (κ2) is 8.39. The van der Waals surface area contributed by atoms with Gasteiger partial charge in [-0.3, -0.25) is 19.3 Å². The van der Waals surface area contributed by atoms with Crippen molar-refractivity contribution in [3.05, 3.63) is 42.2 Å². The van der Waals surface area contributed by atoms with Crippen LogP contribution in [0.3, 0.4) is 0 Å². The van der Waals surface area contributed by atoms with E-state index in [1.54, 1.807) is 18.0 Å². The largest absolute Gasteiger partial charge is 0.343 e. The van der Waals surface area contributed by atoms with Crippen LogP contribution in [0.15, 0.2) is 30.9 Å². The molecular weight excluding hydrogens is 327 g/mol.